The van der Waals surface area contributed by atoms with E-state index in [9.17, 15) is 14.4 Å². The number of imide groups is 1. The number of furan rings is 1. The molecular formula is C20H15NO6. The van der Waals surface area contributed by atoms with Crippen molar-refractivity contribution in [1.82, 2.24) is 4.90 Å². The van der Waals surface area contributed by atoms with Crippen LogP contribution in [0, 0.1) is 6.92 Å². The quantitative estimate of drug-likeness (QED) is 0.521. The van der Waals surface area contributed by atoms with Crippen LogP contribution in [0.5, 0.6) is 5.75 Å². The highest BCUT2D eigenvalue weighted by atomic mass is 16.6. The minimum absolute atomic E-state index is 0.0230. The van der Waals surface area contributed by atoms with Crippen molar-refractivity contribution in [2.75, 3.05) is 13.8 Å². The van der Waals surface area contributed by atoms with E-state index in [-0.39, 0.29) is 5.76 Å². The molecule has 0 saturated heterocycles. The van der Waals surface area contributed by atoms with Gasteiger partial charge in [0.05, 0.1) is 18.2 Å². The number of rotatable bonds is 4. The lowest BCUT2D eigenvalue weighted by atomic mass is 10.1. The first-order chi connectivity index (χ1) is 13.0. The van der Waals surface area contributed by atoms with Crippen LogP contribution < -0.4 is 4.74 Å². The molecule has 2 aromatic carbocycles. The maximum absolute atomic E-state index is 12.4. The maximum Gasteiger partial charge on any atom is 0.376 e. The molecule has 3 aromatic rings. The van der Waals surface area contributed by atoms with Crippen molar-refractivity contribution in [3.8, 4) is 5.75 Å². The predicted molar refractivity (Wildman–Crippen MR) is 94.7 cm³/mol. The Morgan fingerprint density at radius 3 is 2.37 bits per heavy atom. The number of ether oxygens (including phenoxy) is 2. The molecular weight excluding hydrogens is 350 g/mol. The lowest BCUT2D eigenvalue weighted by Crippen LogP contribution is -2.33. The van der Waals surface area contributed by atoms with Gasteiger partial charge in [-0.2, -0.15) is 0 Å². The lowest BCUT2D eigenvalue weighted by Gasteiger charge is -2.13. The number of carbonyl (C=O) groups excluding carboxylic acids is 3. The van der Waals surface area contributed by atoms with Crippen molar-refractivity contribution in [3.63, 3.8) is 0 Å². The van der Waals surface area contributed by atoms with Crippen molar-refractivity contribution < 1.29 is 28.3 Å². The van der Waals surface area contributed by atoms with Crippen molar-refractivity contribution in [2.24, 2.45) is 0 Å². The molecule has 0 radical (unpaired) electrons. The summed E-state index contributed by atoms with van der Waals surface area (Å²) in [7, 11) is 1.55. The number of esters is 1. The number of benzene rings is 2. The van der Waals surface area contributed by atoms with E-state index in [0.29, 0.717) is 28.0 Å². The molecule has 1 aliphatic rings. The molecule has 136 valence electrons. The molecule has 4 rings (SSSR count). The van der Waals surface area contributed by atoms with Crippen molar-refractivity contribution >= 4 is 28.8 Å². The molecule has 7 heteroatoms. The normalized spacial score (nSPS) is 13.2. The topological polar surface area (TPSA) is 86.1 Å². The first kappa shape index (κ1) is 16.8. The molecule has 0 saturated carbocycles. The monoisotopic (exact) mass is 365 g/mol. The summed E-state index contributed by atoms with van der Waals surface area (Å²) >= 11 is 0. The van der Waals surface area contributed by atoms with E-state index in [0.717, 1.165) is 10.3 Å². The molecule has 7 nitrogen and oxygen atoms in total. The Balaban J connectivity index is 1.54. The Morgan fingerprint density at radius 2 is 1.74 bits per heavy atom. The van der Waals surface area contributed by atoms with Crippen LogP contribution in [-0.2, 0) is 4.74 Å². The molecule has 1 aromatic heterocycles. The second-order valence-corrected chi connectivity index (χ2v) is 6.06. The Morgan fingerprint density at radius 1 is 1.07 bits per heavy atom. The molecule has 0 atom stereocenters. The zero-order valence-corrected chi connectivity index (χ0v) is 14.6. The number of hydrogen-bond acceptors (Lipinski definition) is 6. The van der Waals surface area contributed by atoms with Crippen LogP contribution in [-0.4, -0.2) is 36.5 Å². The van der Waals surface area contributed by atoms with Crippen LogP contribution in [0.15, 0.2) is 46.9 Å². The fourth-order valence-electron chi connectivity index (χ4n) is 3.07. The van der Waals surface area contributed by atoms with E-state index in [4.69, 9.17) is 13.9 Å². The summed E-state index contributed by atoms with van der Waals surface area (Å²) < 4.78 is 15.9. The van der Waals surface area contributed by atoms with Gasteiger partial charge in [-0.15, -0.1) is 0 Å². The number of hydrogen-bond donors (Lipinski definition) is 0. The Labute approximate surface area is 154 Å². The molecule has 0 bridgehead atoms. The zero-order chi connectivity index (χ0) is 19.1. The zero-order valence-electron chi connectivity index (χ0n) is 14.6. The van der Waals surface area contributed by atoms with Gasteiger partial charge in [0.2, 0.25) is 5.76 Å². The second-order valence-electron chi connectivity index (χ2n) is 6.06. The molecule has 0 N–H and O–H groups in total. The van der Waals surface area contributed by atoms with Crippen LogP contribution >= 0.6 is 0 Å². The molecule has 0 unspecified atom stereocenters. The Hall–Kier alpha value is -3.61. The summed E-state index contributed by atoms with van der Waals surface area (Å²) in [6.07, 6.45) is 0. The highest BCUT2D eigenvalue weighted by Crippen LogP contribution is 2.29. The van der Waals surface area contributed by atoms with Crippen molar-refractivity contribution in [3.05, 3.63) is 64.9 Å². The van der Waals surface area contributed by atoms with E-state index >= 15 is 0 Å². The van der Waals surface area contributed by atoms with Crippen LogP contribution in [0.4, 0.5) is 0 Å². The van der Waals surface area contributed by atoms with Gasteiger partial charge in [-0.25, -0.2) is 9.69 Å². The number of methoxy groups -OCH3 is 1. The number of aryl methyl sites for hydroxylation is 1. The van der Waals surface area contributed by atoms with Crippen LogP contribution in [0.1, 0.15) is 36.8 Å². The lowest BCUT2D eigenvalue weighted by molar-refractivity contribution is 0.0205. The summed E-state index contributed by atoms with van der Waals surface area (Å²) in [5.41, 5.74) is 1.70. The summed E-state index contributed by atoms with van der Waals surface area (Å²) in [6.45, 7) is 1.24. The fourth-order valence-corrected chi connectivity index (χ4v) is 3.07. The maximum atomic E-state index is 12.4. The van der Waals surface area contributed by atoms with Gasteiger partial charge in [-0.3, -0.25) is 9.59 Å². The Kier molecular flexibility index (Phi) is 3.92. The summed E-state index contributed by atoms with van der Waals surface area (Å²) in [5, 5.41) is 0.724. The van der Waals surface area contributed by atoms with E-state index in [1.807, 2.05) is 0 Å². The van der Waals surface area contributed by atoms with E-state index < -0.39 is 24.5 Å². The first-order valence-corrected chi connectivity index (χ1v) is 8.20. The highest BCUT2D eigenvalue weighted by molar-refractivity contribution is 6.21. The van der Waals surface area contributed by atoms with Gasteiger partial charge in [-0.1, -0.05) is 12.1 Å². The molecule has 1 aliphatic heterocycles. The largest absolute Gasteiger partial charge is 0.497 e. The number of amides is 2. The summed E-state index contributed by atoms with van der Waals surface area (Å²) in [4.78, 5) is 38.0. The smallest absolute Gasteiger partial charge is 0.376 e. The van der Waals surface area contributed by atoms with Gasteiger partial charge in [0.25, 0.3) is 11.8 Å². The molecule has 0 aliphatic carbocycles. The van der Waals surface area contributed by atoms with E-state index in [2.05, 4.69) is 0 Å². The molecule has 0 fully saturated rings. The molecule has 27 heavy (non-hydrogen) atoms. The van der Waals surface area contributed by atoms with Gasteiger partial charge in [0.15, 0.2) is 6.73 Å². The third-order valence-electron chi connectivity index (χ3n) is 4.53. The first-order valence-electron chi connectivity index (χ1n) is 8.20. The molecule has 2 heterocycles. The number of carbonyl (C=O) groups is 3. The summed E-state index contributed by atoms with van der Waals surface area (Å²) in [5.74, 6) is -1.07. The number of fused-ring (bicyclic) bond motifs is 2. The van der Waals surface area contributed by atoms with Crippen molar-refractivity contribution in [2.45, 2.75) is 6.92 Å². The van der Waals surface area contributed by atoms with Crippen molar-refractivity contribution in [1.29, 1.82) is 0 Å². The third kappa shape index (κ3) is 2.64. The average Bonchev–Trinajstić information content (AvgIpc) is 3.15. The van der Waals surface area contributed by atoms with E-state index in [1.54, 1.807) is 56.5 Å². The predicted octanol–water partition coefficient (Wildman–Crippen LogP) is 3.16. The van der Waals surface area contributed by atoms with Crippen LogP contribution in [0.25, 0.3) is 11.0 Å². The molecule has 2 amide bonds. The third-order valence-corrected chi connectivity index (χ3v) is 4.53. The van der Waals surface area contributed by atoms with E-state index in [1.165, 1.54) is 0 Å². The molecule has 0 spiro atoms. The SMILES string of the molecule is COc1ccc2oc(C(=O)OCN3C(=O)c4ccccc4C3=O)c(C)c2c1. The summed E-state index contributed by atoms with van der Waals surface area (Å²) in [6, 6.07) is 11.6. The standard InChI is InChI=1S/C20H15NO6/c1-11-15-9-12(25-2)7-8-16(15)27-17(11)20(24)26-10-21-18(22)13-5-3-4-6-14(13)19(21)23/h3-9H,10H2,1-2H3. The van der Waals surface area contributed by atoms with Gasteiger partial charge in [0, 0.05) is 10.9 Å². The fraction of sp³-hybridized carbons (Fsp3) is 0.150. The van der Waals surface area contributed by atoms with Crippen LogP contribution in [0.3, 0.4) is 0 Å². The van der Waals surface area contributed by atoms with Gasteiger partial charge >= 0.3 is 5.97 Å². The van der Waals surface area contributed by atoms with Gasteiger partial charge in [0.1, 0.15) is 11.3 Å². The Bertz CT molecular complexity index is 1060. The van der Waals surface area contributed by atoms with Gasteiger partial charge < -0.3 is 13.9 Å². The second kappa shape index (κ2) is 6.28. The minimum Gasteiger partial charge on any atom is -0.497 e. The minimum atomic E-state index is -0.751. The average molecular weight is 365 g/mol. The van der Waals surface area contributed by atoms with Gasteiger partial charge in [-0.05, 0) is 37.3 Å². The highest BCUT2D eigenvalue weighted by Gasteiger charge is 2.36. The number of nitrogens with zero attached hydrogens (tertiary/aromatic N) is 1. The van der Waals surface area contributed by atoms with Crippen LogP contribution in [0.2, 0.25) is 0 Å².